The van der Waals surface area contributed by atoms with Crippen molar-refractivity contribution in [3.63, 3.8) is 0 Å². The molecule has 1 heterocycles. The number of carbonyl (C=O) groups is 1. The molecule has 0 bridgehead atoms. The highest BCUT2D eigenvalue weighted by Gasteiger charge is 2.26. The van der Waals surface area contributed by atoms with Crippen LogP contribution in [-0.4, -0.2) is 16.8 Å². The number of amides is 1. The monoisotopic (exact) mass is 477 g/mol. The van der Waals surface area contributed by atoms with Gasteiger partial charge in [0.2, 0.25) is 5.82 Å². The Hall–Kier alpha value is -3.33. The first-order chi connectivity index (χ1) is 15.8. The summed E-state index contributed by atoms with van der Waals surface area (Å²) in [5.41, 5.74) is 0.933. The fourth-order valence-electron chi connectivity index (χ4n) is 3.44. The summed E-state index contributed by atoms with van der Waals surface area (Å²) < 4.78 is 67.5. The molecule has 0 unspecified atom stereocenters. The zero-order chi connectivity index (χ0) is 23.7. The van der Waals surface area contributed by atoms with E-state index < -0.39 is 47.0 Å². The van der Waals surface area contributed by atoms with Crippen molar-refractivity contribution >= 4 is 29.1 Å². The first-order valence-corrected chi connectivity index (χ1v) is 10.8. The minimum Gasteiger partial charge on any atom is -0.507 e. The molecule has 2 N–H and O–H groups in total. The van der Waals surface area contributed by atoms with Crippen molar-refractivity contribution in [3.05, 3.63) is 99.9 Å². The standard InChI is InChI=1S/C24H16F5NO2S/c25-18-15(19(26)21(28)22(29)20(18)27)10-7-12-5-8-13(9-6-12)30-24(32)16-11-33-17-4-2-1-3-14(17)23(16)31/h1-6,8-9,31H,7,10-11H2,(H,30,32). The molecule has 1 aliphatic rings. The summed E-state index contributed by atoms with van der Waals surface area (Å²) in [4.78, 5) is 13.5. The lowest BCUT2D eigenvalue weighted by Gasteiger charge is -2.18. The number of aryl methyl sites for hydroxylation is 1. The second-order valence-electron chi connectivity index (χ2n) is 7.31. The lowest BCUT2D eigenvalue weighted by Crippen LogP contribution is -2.19. The highest BCUT2D eigenvalue weighted by atomic mass is 32.2. The third-order valence-corrected chi connectivity index (χ3v) is 6.35. The van der Waals surface area contributed by atoms with Gasteiger partial charge >= 0.3 is 0 Å². The molecule has 0 saturated heterocycles. The van der Waals surface area contributed by atoms with Crippen molar-refractivity contribution in [2.24, 2.45) is 0 Å². The number of aliphatic hydroxyl groups excluding tert-OH is 1. The van der Waals surface area contributed by atoms with E-state index in [1.54, 1.807) is 36.4 Å². The van der Waals surface area contributed by atoms with Crippen molar-refractivity contribution in [2.45, 2.75) is 17.7 Å². The number of fused-ring (bicyclic) bond motifs is 1. The van der Waals surface area contributed by atoms with Crippen molar-refractivity contribution in [1.82, 2.24) is 0 Å². The van der Waals surface area contributed by atoms with E-state index in [9.17, 15) is 31.9 Å². The average Bonchev–Trinajstić information content (AvgIpc) is 2.83. The third-order valence-electron chi connectivity index (χ3n) is 5.25. The normalized spacial score (nSPS) is 13.1. The number of halogens is 5. The Bertz CT molecular complexity index is 1250. The predicted molar refractivity (Wildman–Crippen MR) is 115 cm³/mol. The van der Waals surface area contributed by atoms with Gasteiger partial charge < -0.3 is 10.4 Å². The van der Waals surface area contributed by atoms with E-state index >= 15 is 0 Å². The Kier molecular flexibility index (Phi) is 6.42. The number of hydrogen-bond donors (Lipinski definition) is 2. The van der Waals surface area contributed by atoms with Crippen LogP contribution in [-0.2, 0) is 17.6 Å². The number of thioether (sulfide) groups is 1. The van der Waals surface area contributed by atoms with E-state index in [4.69, 9.17) is 0 Å². The maximum atomic E-state index is 13.8. The topological polar surface area (TPSA) is 49.3 Å². The SMILES string of the molecule is O=C(Nc1ccc(CCc2c(F)c(F)c(F)c(F)c2F)cc1)C1=C(O)c2ccccc2SC1. The summed E-state index contributed by atoms with van der Waals surface area (Å²) in [5.74, 6) is -10.1. The molecule has 3 aromatic rings. The zero-order valence-corrected chi connectivity index (χ0v) is 17.7. The van der Waals surface area contributed by atoms with Crippen LogP contribution in [0.2, 0.25) is 0 Å². The first kappa shape index (κ1) is 22.8. The maximum Gasteiger partial charge on any atom is 0.256 e. The predicted octanol–water partition coefficient (Wildman–Crippen LogP) is 6.18. The minimum absolute atomic E-state index is 0.0198. The molecular weight excluding hydrogens is 461 g/mol. The summed E-state index contributed by atoms with van der Waals surface area (Å²) in [6, 6.07) is 13.4. The van der Waals surface area contributed by atoms with Crippen LogP contribution in [0.1, 0.15) is 16.7 Å². The molecule has 4 rings (SSSR count). The van der Waals surface area contributed by atoms with Gasteiger partial charge in [0.05, 0.1) is 5.57 Å². The van der Waals surface area contributed by atoms with Crippen LogP contribution in [0.15, 0.2) is 59.0 Å². The van der Waals surface area contributed by atoms with Crippen LogP contribution >= 0.6 is 11.8 Å². The molecule has 0 atom stereocenters. The van der Waals surface area contributed by atoms with Crippen LogP contribution in [0.4, 0.5) is 27.6 Å². The van der Waals surface area contributed by atoms with Crippen molar-refractivity contribution in [2.75, 3.05) is 11.1 Å². The summed E-state index contributed by atoms with van der Waals surface area (Å²) in [6.07, 6.45) is -0.374. The Morgan fingerprint density at radius 2 is 1.45 bits per heavy atom. The van der Waals surface area contributed by atoms with Gasteiger partial charge in [0.25, 0.3) is 5.91 Å². The number of nitrogens with one attached hydrogen (secondary N) is 1. The molecule has 3 nitrogen and oxygen atoms in total. The van der Waals surface area contributed by atoms with E-state index in [1.807, 2.05) is 12.1 Å². The number of hydrogen-bond acceptors (Lipinski definition) is 3. The molecule has 33 heavy (non-hydrogen) atoms. The van der Waals surface area contributed by atoms with Crippen LogP contribution in [0.25, 0.3) is 5.76 Å². The fourth-order valence-corrected chi connectivity index (χ4v) is 4.51. The molecule has 0 radical (unpaired) electrons. The molecule has 0 saturated carbocycles. The van der Waals surface area contributed by atoms with E-state index in [0.29, 0.717) is 22.6 Å². The number of carbonyl (C=O) groups excluding carboxylic acids is 1. The van der Waals surface area contributed by atoms with Gasteiger partial charge in [-0.1, -0.05) is 30.3 Å². The lowest BCUT2D eigenvalue weighted by atomic mass is 10.0. The van der Waals surface area contributed by atoms with Gasteiger partial charge in [-0.15, -0.1) is 11.8 Å². The average molecular weight is 477 g/mol. The Morgan fingerprint density at radius 1 is 0.848 bits per heavy atom. The lowest BCUT2D eigenvalue weighted by molar-refractivity contribution is -0.112. The molecule has 3 aromatic carbocycles. The van der Waals surface area contributed by atoms with Gasteiger partial charge in [0.15, 0.2) is 23.3 Å². The van der Waals surface area contributed by atoms with Crippen molar-refractivity contribution < 1.29 is 31.9 Å². The Labute approximate surface area is 189 Å². The molecule has 1 aliphatic heterocycles. The van der Waals surface area contributed by atoms with Gasteiger partial charge in [-0.05, 0) is 36.6 Å². The van der Waals surface area contributed by atoms with E-state index in [2.05, 4.69) is 5.32 Å². The van der Waals surface area contributed by atoms with E-state index in [-0.39, 0.29) is 17.8 Å². The smallest absolute Gasteiger partial charge is 0.256 e. The molecule has 170 valence electrons. The first-order valence-electron chi connectivity index (χ1n) is 9.82. The van der Waals surface area contributed by atoms with Gasteiger partial charge in [0.1, 0.15) is 5.76 Å². The fraction of sp³-hybridized carbons (Fsp3) is 0.125. The van der Waals surface area contributed by atoms with Gasteiger partial charge in [0, 0.05) is 27.5 Å². The quantitative estimate of drug-likeness (QED) is 0.262. The molecule has 0 spiro atoms. The second kappa shape index (κ2) is 9.27. The highest BCUT2D eigenvalue weighted by Crippen LogP contribution is 2.36. The zero-order valence-electron chi connectivity index (χ0n) is 16.9. The van der Waals surface area contributed by atoms with Gasteiger partial charge in [-0.25, -0.2) is 22.0 Å². The van der Waals surface area contributed by atoms with Crippen LogP contribution in [0.3, 0.4) is 0 Å². The molecule has 0 aromatic heterocycles. The molecule has 9 heteroatoms. The molecule has 1 amide bonds. The van der Waals surface area contributed by atoms with Crippen molar-refractivity contribution in [3.8, 4) is 0 Å². The number of aliphatic hydroxyl groups is 1. The summed E-state index contributed by atoms with van der Waals surface area (Å²) in [6.45, 7) is 0. The second-order valence-corrected chi connectivity index (χ2v) is 8.33. The van der Waals surface area contributed by atoms with E-state index in [0.717, 1.165) is 4.90 Å². The van der Waals surface area contributed by atoms with Crippen LogP contribution in [0.5, 0.6) is 0 Å². The Morgan fingerprint density at radius 3 is 2.12 bits per heavy atom. The summed E-state index contributed by atoms with van der Waals surface area (Å²) in [7, 11) is 0. The summed E-state index contributed by atoms with van der Waals surface area (Å²) >= 11 is 1.43. The molecular formula is C24H16F5NO2S. The van der Waals surface area contributed by atoms with Crippen LogP contribution < -0.4 is 5.32 Å². The van der Waals surface area contributed by atoms with Crippen molar-refractivity contribution in [1.29, 1.82) is 0 Å². The Balaban J connectivity index is 1.44. The number of anilines is 1. The van der Waals surface area contributed by atoms with E-state index in [1.165, 1.54) is 11.8 Å². The third kappa shape index (κ3) is 4.45. The van der Waals surface area contributed by atoms with Gasteiger partial charge in [-0.3, -0.25) is 4.79 Å². The summed E-state index contributed by atoms with van der Waals surface area (Å²) in [5, 5.41) is 13.1. The number of benzene rings is 3. The molecule has 0 fully saturated rings. The number of rotatable bonds is 5. The maximum absolute atomic E-state index is 13.8. The highest BCUT2D eigenvalue weighted by molar-refractivity contribution is 7.99. The minimum atomic E-state index is -2.19. The molecule has 0 aliphatic carbocycles. The largest absolute Gasteiger partial charge is 0.507 e. The van der Waals surface area contributed by atoms with Gasteiger partial charge in [-0.2, -0.15) is 0 Å². The van der Waals surface area contributed by atoms with Crippen LogP contribution in [0, 0.1) is 29.1 Å².